The van der Waals surface area contributed by atoms with E-state index in [0.717, 1.165) is 18.7 Å². The predicted octanol–water partition coefficient (Wildman–Crippen LogP) is 4.01. The van der Waals surface area contributed by atoms with Crippen molar-refractivity contribution < 1.29 is 4.74 Å². The Hall–Kier alpha value is -1.80. The maximum Gasteiger partial charge on any atom is 0.119 e. The summed E-state index contributed by atoms with van der Waals surface area (Å²) in [4.78, 5) is 2.24. The zero-order chi connectivity index (χ0) is 15.1. The second kappa shape index (κ2) is 7.84. The highest BCUT2D eigenvalue weighted by Crippen LogP contribution is 2.16. The van der Waals surface area contributed by atoms with Crippen molar-refractivity contribution in [3.8, 4) is 5.75 Å². The molecule has 0 aliphatic rings. The molecule has 0 amide bonds. The van der Waals surface area contributed by atoms with E-state index in [2.05, 4.69) is 62.3 Å². The predicted molar refractivity (Wildman–Crippen MR) is 88.6 cm³/mol. The van der Waals surface area contributed by atoms with Gasteiger partial charge in [0, 0.05) is 6.54 Å². The number of hydrogen-bond acceptors (Lipinski definition) is 2. The van der Waals surface area contributed by atoms with Crippen LogP contribution < -0.4 is 4.74 Å². The highest BCUT2D eigenvalue weighted by molar-refractivity contribution is 5.28. The van der Waals surface area contributed by atoms with Gasteiger partial charge >= 0.3 is 0 Å². The third kappa shape index (κ3) is 5.60. The Kier molecular flexibility index (Phi) is 5.82. The number of hydrogen-bond donors (Lipinski definition) is 0. The van der Waals surface area contributed by atoms with Crippen molar-refractivity contribution in [2.24, 2.45) is 5.92 Å². The van der Waals surface area contributed by atoms with Crippen molar-refractivity contribution in [2.45, 2.75) is 20.0 Å². The highest BCUT2D eigenvalue weighted by atomic mass is 16.5. The molecule has 0 aliphatic carbocycles. The summed E-state index contributed by atoms with van der Waals surface area (Å²) in [7, 11) is 4.24. The molecule has 0 saturated heterocycles. The average Bonchev–Trinajstić information content (AvgIpc) is 2.47. The zero-order valence-corrected chi connectivity index (χ0v) is 13.3. The first kappa shape index (κ1) is 15.6. The standard InChI is InChI=1S/C19H25NO/c1-16(14-20(2)3)13-17-9-11-19(12-10-17)21-15-18-7-5-4-6-8-18/h4-12,16H,13-15H2,1-3H3. The Labute approximate surface area is 128 Å². The summed E-state index contributed by atoms with van der Waals surface area (Å²) in [6.45, 7) is 4.03. The van der Waals surface area contributed by atoms with Gasteiger partial charge in [0.25, 0.3) is 0 Å². The van der Waals surface area contributed by atoms with Gasteiger partial charge in [-0.05, 0) is 49.7 Å². The number of ether oxygens (including phenoxy) is 1. The van der Waals surface area contributed by atoms with E-state index in [4.69, 9.17) is 4.74 Å². The first-order chi connectivity index (χ1) is 10.1. The van der Waals surface area contributed by atoms with Crippen LogP contribution in [0.25, 0.3) is 0 Å². The summed E-state index contributed by atoms with van der Waals surface area (Å²) >= 11 is 0. The Balaban J connectivity index is 1.84. The van der Waals surface area contributed by atoms with Crippen LogP contribution in [-0.4, -0.2) is 25.5 Å². The van der Waals surface area contributed by atoms with Crippen molar-refractivity contribution in [3.05, 3.63) is 65.7 Å². The molecule has 21 heavy (non-hydrogen) atoms. The van der Waals surface area contributed by atoms with E-state index in [1.807, 2.05) is 18.2 Å². The van der Waals surface area contributed by atoms with Crippen LogP contribution in [0, 0.1) is 5.92 Å². The van der Waals surface area contributed by atoms with Gasteiger partial charge in [-0.15, -0.1) is 0 Å². The van der Waals surface area contributed by atoms with Crippen LogP contribution in [0.3, 0.4) is 0 Å². The van der Waals surface area contributed by atoms with Gasteiger partial charge in [0.1, 0.15) is 12.4 Å². The van der Waals surface area contributed by atoms with E-state index in [0.29, 0.717) is 12.5 Å². The molecule has 0 radical (unpaired) electrons. The molecule has 112 valence electrons. The molecule has 1 unspecified atom stereocenters. The minimum absolute atomic E-state index is 0.622. The van der Waals surface area contributed by atoms with Crippen LogP contribution in [-0.2, 0) is 13.0 Å². The Morgan fingerprint density at radius 3 is 2.19 bits per heavy atom. The molecule has 0 N–H and O–H groups in total. The van der Waals surface area contributed by atoms with Crippen LogP contribution in [0.1, 0.15) is 18.1 Å². The Morgan fingerprint density at radius 1 is 0.905 bits per heavy atom. The molecule has 1 atom stereocenters. The van der Waals surface area contributed by atoms with Gasteiger partial charge < -0.3 is 9.64 Å². The van der Waals surface area contributed by atoms with E-state index >= 15 is 0 Å². The summed E-state index contributed by atoms with van der Waals surface area (Å²) in [5, 5.41) is 0. The smallest absolute Gasteiger partial charge is 0.119 e. The monoisotopic (exact) mass is 283 g/mol. The summed E-state index contributed by atoms with van der Waals surface area (Å²) < 4.78 is 5.81. The quantitative estimate of drug-likeness (QED) is 0.761. The van der Waals surface area contributed by atoms with Crippen LogP contribution in [0.5, 0.6) is 5.75 Å². The molecule has 0 aromatic heterocycles. The third-order valence-corrected chi connectivity index (χ3v) is 3.43. The van der Waals surface area contributed by atoms with E-state index in [9.17, 15) is 0 Å². The summed E-state index contributed by atoms with van der Waals surface area (Å²) in [5.74, 6) is 1.60. The molecule has 0 heterocycles. The Bertz CT molecular complexity index is 519. The minimum Gasteiger partial charge on any atom is -0.489 e. The molecule has 2 aromatic rings. The van der Waals surface area contributed by atoms with Crippen LogP contribution in [0.4, 0.5) is 0 Å². The minimum atomic E-state index is 0.622. The lowest BCUT2D eigenvalue weighted by Crippen LogP contribution is -2.21. The molecule has 0 spiro atoms. The molecular weight excluding hydrogens is 258 g/mol. The van der Waals surface area contributed by atoms with Gasteiger partial charge in [0.05, 0.1) is 0 Å². The van der Waals surface area contributed by atoms with Crippen molar-refractivity contribution >= 4 is 0 Å². The lowest BCUT2D eigenvalue weighted by atomic mass is 10.0. The number of nitrogens with zero attached hydrogens (tertiary/aromatic N) is 1. The fourth-order valence-corrected chi connectivity index (χ4v) is 2.55. The van der Waals surface area contributed by atoms with Gasteiger partial charge in [0.15, 0.2) is 0 Å². The molecule has 0 aliphatic heterocycles. The second-order valence-corrected chi connectivity index (χ2v) is 5.99. The third-order valence-electron chi connectivity index (χ3n) is 3.43. The second-order valence-electron chi connectivity index (χ2n) is 5.99. The van der Waals surface area contributed by atoms with E-state index in [-0.39, 0.29) is 0 Å². The topological polar surface area (TPSA) is 12.5 Å². The summed E-state index contributed by atoms with van der Waals surface area (Å²) in [6, 6.07) is 18.7. The average molecular weight is 283 g/mol. The van der Waals surface area contributed by atoms with Crippen LogP contribution >= 0.6 is 0 Å². The van der Waals surface area contributed by atoms with Gasteiger partial charge in [0.2, 0.25) is 0 Å². The maximum absolute atomic E-state index is 5.81. The maximum atomic E-state index is 5.81. The zero-order valence-electron chi connectivity index (χ0n) is 13.3. The molecule has 0 fully saturated rings. The molecule has 2 nitrogen and oxygen atoms in total. The van der Waals surface area contributed by atoms with Crippen molar-refractivity contribution in [2.75, 3.05) is 20.6 Å². The number of benzene rings is 2. The van der Waals surface area contributed by atoms with Crippen LogP contribution in [0.2, 0.25) is 0 Å². The SMILES string of the molecule is CC(Cc1ccc(OCc2ccccc2)cc1)CN(C)C. The van der Waals surface area contributed by atoms with E-state index < -0.39 is 0 Å². The summed E-state index contributed by atoms with van der Waals surface area (Å²) in [5.41, 5.74) is 2.57. The fraction of sp³-hybridized carbons (Fsp3) is 0.368. The van der Waals surface area contributed by atoms with Crippen molar-refractivity contribution in [1.29, 1.82) is 0 Å². The first-order valence-electron chi connectivity index (χ1n) is 7.54. The normalized spacial score (nSPS) is 12.4. The van der Waals surface area contributed by atoms with Crippen molar-refractivity contribution in [1.82, 2.24) is 4.90 Å². The van der Waals surface area contributed by atoms with Gasteiger partial charge in [-0.1, -0.05) is 49.4 Å². The molecule has 0 bridgehead atoms. The van der Waals surface area contributed by atoms with Gasteiger partial charge in [-0.25, -0.2) is 0 Å². The molecular formula is C19H25NO. The van der Waals surface area contributed by atoms with Gasteiger partial charge in [-0.2, -0.15) is 0 Å². The molecule has 2 aromatic carbocycles. The lowest BCUT2D eigenvalue weighted by molar-refractivity contribution is 0.306. The van der Waals surface area contributed by atoms with Gasteiger partial charge in [-0.3, -0.25) is 0 Å². The highest BCUT2D eigenvalue weighted by Gasteiger charge is 2.05. The largest absolute Gasteiger partial charge is 0.489 e. The van der Waals surface area contributed by atoms with Crippen molar-refractivity contribution in [3.63, 3.8) is 0 Å². The first-order valence-corrected chi connectivity index (χ1v) is 7.54. The molecule has 2 rings (SSSR count). The van der Waals surface area contributed by atoms with E-state index in [1.165, 1.54) is 11.1 Å². The fourth-order valence-electron chi connectivity index (χ4n) is 2.55. The molecule has 0 saturated carbocycles. The van der Waals surface area contributed by atoms with Crippen LogP contribution in [0.15, 0.2) is 54.6 Å². The molecule has 2 heteroatoms. The lowest BCUT2D eigenvalue weighted by Gasteiger charge is -2.17. The van der Waals surface area contributed by atoms with E-state index in [1.54, 1.807) is 0 Å². The summed E-state index contributed by atoms with van der Waals surface area (Å²) in [6.07, 6.45) is 1.11. The number of rotatable bonds is 7. The Morgan fingerprint density at radius 2 is 1.57 bits per heavy atom.